The van der Waals surface area contributed by atoms with Crippen molar-refractivity contribution < 1.29 is 0 Å². The monoisotopic (exact) mass is 298 g/mol. The topological polar surface area (TPSA) is 0 Å². The summed E-state index contributed by atoms with van der Waals surface area (Å²) in [6.45, 7) is 4.37. The SMILES string of the molecule is CC/C=C/C/C=C/C/C=C/C/C=C/C/C=C/C/C=C/CCC. The maximum Gasteiger partial charge on any atom is -0.0169 e. The van der Waals surface area contributed by atoms with Crippen molar-refractivity contribution in [3.05, 3.63) is 72.9 Å². The second-order valence-corrected chi connectivity index (χ2v) is 5.20. The molecule has 0 amide bonds. The molecule has 0 aromatic heterocycles. The Hall–Kier alpha value is -1.56. The molecule has 0 N–H and O–H groups in total. The second-order valence-electron chi connectivity index (χ2n) is 5.20. The van der Waals surface area contributed by atoms with Gasteiger partial charge in [-0.05, 0) is 44.9 Å². The van der Waals surface area contributed by atoms with Crippen molar-refractivity contribution in [1.29, 1.82) is 0 Å². The Labute approximate surface area is 138 Å². The maximum absolute atomic E-state index is 2.26. The summed E-state index contributed by atoms with van der Waals surface area (Å²) in [6, 6.07) is 0. The molecule has 0 aliphatic heterocycles. The van der Waals surface area contributed by atoms with Crippen molar-refractivity contribution in [3.63, 3.8) is 0 Å². The Bertz CT molecular complexity index is 375. The van der Waals surface area contributed by atoms with Gasteiger partial charge in [0.15, 0.2) is 0 Å². The number of unbranched alkanes of at least 4 members (excludes halogenated alkanes) is 1. The minimum atomic E-state index is 1.04. The third-order valence-electron chi connectivity index (χ3n) is 3.05. The number of allylic oxidation sites excluding steroid dienone is 12. The van der Waals surface area contributed by atoms with Gasteiger partial charge >= 0.3 is 0 Å². The molecule has 0 saturated heterocycles. The highest BCUT2D eigenvalue weighted by Gasteiger charge is 1.76. The van der Waals surface area contributed by atoms with E-state index in [-0.39, 0.29) is 0 Å². The third-order valence-corrected chi connectivity index (χ3v) is 3.05. The third kappa shape index (κ3) is 18.4. The van der Waals surface area contributed by atoms with Crippen LogP contribution in [0.1, 0.15) is 65.2 Å². The first-order chi connectivity index (χ1) is 10.9. The van der Waals surface area contributed by atoms with Gasteiger partial charge < -0.3 is 0 Å². The van der Waals surface area contributed by atoms with Crippen LogP contribution in [-0.4, -0.2) is 0 Å². The molecule has 122 valence electrons. The van der Waals surface area contributed by atoms with E-state index in [9.17, 15) is 0 Å². The average molecular weight is 299 g/mol. The highest BCUT2D eigenvalue weighted by Crippen LogP contribution is 1.97. The standard InChI is InChI=1S/C22H34/c1-3-5-7-9-11-13-15-17-19-21-22-20-18-16-14-12-10-8-6-4-2/h5,7-8,10-11,13-14,16-17,19-20,22H,3-4,6,9,12,15,18,21H2,1-2H3/b7-5+,10-8+,13-11+,16-14+,19-17+,22-20+. The van der Waals surface area contributed by atoms with E-state index in [0.717, 1.165) is 38.5 Å². The average Bonchev–Trinajstić information content (AvgIpc) is 2.54. The van der Waals surface area contributed by atoms with Crippen LogP contribution in [0.3, 0.4) is 0 Å². The van der Waals surface area contributed by atoms with Crippen molar-refractivity contribution in [2.24, 2.45) is 0 Å². The molecular weight excluding hydrogens is 264 g/mol. The lowest BCUT2D eigenvalue weighted by Gasteiger charge is -1.86. The van der Waals surface area contributed by atoms with Crippen molar-refractivity contribution >= 4 is 0 Å². The Morgan fingerprint density at radius 1 is 0.409 bits per heavy atom. The van der Waals surface area contributed by atoms with Gasteiger partial charge in [-0.2, -0.15) is 0 Å². The quantitative estimate of drug-likeness (QED) is 0.309. The molecule has 0 rings (SSSR count). The molecule has 0 aliphatic rings. The fourth-order valence-electron chi connectivity index (χ4n) is 1.81. The first-order valence-electron chi connectivity index (χ1n) is 8.81. The van der Waals surface area contributed by atoms with Gasteiger partial charge in [0.25, 0.3) is 0 Å². The molecule has 0 aromatic carbocycles. The molecule has 0 radical (unpaired) electrons. The van der Waals surface area contributed by atoms with Crippen LogP contribution >= 0.6 is 0 Å². The maximum atomic E-state index is 2.26. The molecule has 22 heavy (non-hydrogen) atoms. The minimum Gasteiger partial charge on any atom is -0.0885 e. The van der Waals surface area contributed by atoms with E-state index in [1.165, 1.54) is 12.8 Å². The summed E-state index contributed by atoms with van der Waals surface area (Å²) >= 11 is 0. The highest BCUT2D eigenvalue weighted by atomic mass is 13.8. The van der Waals surface area contributed by atoms with Gasteiger partial charge in [-0.15, -0.1) is 0 Å². The van der Waals surface area contributed by atoms with Gasteiger partial charge in [-0.25, -0.2) is 0 Å². The van der Waals surface area contributed by atoms with Crippen molar-refractivity contribution in [2.75, 3.05) is 0 Å². The largest absolute Gasteiger partial charge is 0.0885 e. The molecule has 0 aliphatic carbocycles. The highest BCUT2D eigenvalue weighted by molar-refractivity contribution is 5.01. The summed E-state index contributed by atoms with van der Waals surface area (Å²) in [5, 5.41) is 0. The Balaban J connectivity index is 3.48. The van der Waals surface area contributed by atoms with Gasteiger partial charge in [0.2, 0.25) is 0 Å². The fourth-order valence-corrected chi connectivity index (χ4v) is 1.81. The predicted octanol–water partition coefficient (Wildman–Crippen LogP) is 7.48. The van der Waals surface area contributed by atoms with Crippen LogP contribution in [0.5, 0.6) is 0 Å². The van der Waals surface area contributed by atoms with Gasteiger partial charge in [0.05, 0.1) is 0 Å². The van der Waals surface area contributed by atoms with E-state index in [0.29, 0.717) is 0 Å². The Morgan fingerprint density at radius 3 is 1.05 bits per heavy atom. The summed E-state index contributed by atoms with van der Waals surface area (Å²) < 4.78 is 0. The zero-order valence-electron chi connectivity index (χ0n) is 14.6. The fraction of sp³-hybridized carbons (Fsp3) is 0.455. The molecule has 0 unspecified atom stereocenters. The molecule has 0 bridgehead atoms. The first-order valence-corrected chi connectivity index (χ1v) is 8.81. The summed E-state index contributed by atoms with van der Waals surface area (Å²) in [5.41, 5.74) is 0. The zero-order chi connectivity index (χ0) is 16.1. The first kappa shape index (κ1) is 20.4. The van der Waals surface area contributed by atoms with E-state index in [1.54, 1.807) is 0 Å². The smallest absolute Gasteiger partial charge is 0.0169 e. The van der Waals surface area contributed by atoms with Crippen LogP contribution in [0, 0.1) is 0 Å². The van der Waals surface area contributed by atoms with E-state index in [2.05, 4.69) is 86.8 Å². The van der Waals surface area contributed by atoms with Crippen molar-refractivity contribution in [2.45, 2.75) is 65.2 Å². The van der Waals surface area contributed by atoms with Crippen LogP contribution in [-0.2, 0) is 0 Å². The molecule has 0 atom stereocenters. The lowest BCUT2D eigenvalue weighted by Crippen LogP contribution is -1.65. The van der Waals surface area contributed by atoms with Crippen LogP contribution in [0.2, 0.25) is 0 Å². The Morgan fingerprint density at radius 2 is 0.727 bits per heavy atom. The van der Waals surface area contributed by atoms with Crippen LogP contribution in [0.25, 0.3) is 0 Å². The van der Waals surface area contributed by atoms with E-state index in [4.69, 9.17) is 0 Å². The normalized spacial score (nSPS) is 13.4. The van der Waals surface area contributed by atoms with Gasteiger partial charge in [0.1, 0.15) is 0 Å². The summed E-state index contributed by atoms with van der Waals surface area (Å²) in [4.78, 5) is 0. The molecule has 0 saturated carbocycles. The zero-order valence-corrected chi connectivity index (χ0v) is 14.6. The summed E-state index contributed by atoms with van der Waals surface area (Å²) in [6.07, 6.45) is 35.6. The summed E-state index contributed by atoms with van der Waals surface area (Å²) in [5.74, 6) is 0. The number of rotatable bonds is 13. The van der Waals surface area contributed by atoms with Crippen molar-refractivity contribution in [1.82, 2.24) is 0 Å². The van der Waals surface area contributed by atoms with Gasteiger partial charge in [-0.1, -0.05) is 93.2 Å². The molecule has 0 heterocycles. The number of hydrogen-bond donors (Lipinski definition) is 0. The lowest BCUT2D eigenvalue weighted by molar-refractivity contribution is 0.954. The Kier molecular flexibility index (Phi) is 18.1. The molecule has 0 aromatic rings. The minimum absolute atomic E-state index is 1.04. The van der Waals surface area contributed by atoms with Gasteiger partial charge in [-0.3, -0.25) is 0 Å². The molecule has 0 fully saturated rings. The van der Waals surface area contributed by atoms with E-state index < -0.39 is 0 Å². The molecule has 0 heteroatoms. The molecular formula is C22H34. The molecule has 0 nitrogen and oxygen atoms in total. The van der Waals surface area contributed by atoms with Crippen LogP contribution in [0.15, 0.2) is 72.9 Å². The lowest BCUT2D eigenvalue weighted by atomic mass is 10.2. The summed E-state index contributed by atoms with van der Waals surface area (Å²) in [7, 11) is 0. The van der Waals surface area contributed by atoms with E-state index >= 15 is 0 Å². The van der Waals surface area contributed by atoms with E-state index in [1.807, 2.05) is 0 Å². The van der Waals surface area contributed by atoms with Crippen LogP contribution in [0.4, 0.5) is 0 Å². The van der Waals surface area contributed by atoms with Crippen molar-refractivity contribution in [3.8, 4) is 0 Å². The molecule has 0 spiro atoms. The van der Waals surface area contributed by atoms with Gasteiger partial charge in [0, 0.05) is 0 Å². The van der Waals surface area contributed by atoms with Crippen LogP contribution < -0.4 is 0 Å². The number of hydrogen-bond acceptors (Lipinski definition) is 0. The predicted molar refractivity (Wildman–Crippen MR) is 103 cm³/mol. The second kappa shape index (κ2) is 19.4.